The standard InChI is InChI=1S/C16H17N5O/c1-12-10-21-11-14(13-3-2-4-17-9-13)19-16(15(21)18-12)20-5-7-22-8-6-20/h2-4,9-11H,5-8H2,1H3. The second-order valence-electron chi connectivity index (χ2n) is 5.40. The first kappa shape index (κ1) is 13.2. The van der Waals surface area contributed by atoms with Crippen molar-refractivity contribution in [1.29, 1.82) is 0 Å². The maximum atomic E-state index is 5.45. The molecule has 0 amide bonds. The van der Waals surface area contributed by atoms with Gasteiger partial charge < -0.3 is 14.0 Å². The molecule has 0 atom stereocenters. The summed E-state index contributed by atoms with van der Waals surface area (Å²) in [6.45, 7) is 5.13. The van der Waals surface area contributed by atoms with Crippen LogP contribution >= 0.6 is 0 Å². The van der Waals surface area contributed by atoms with Gasteiger partial charge >= 0.3 is 0 Å². The molecule has 3 aromatic heterocycles. The van der Waals surface area contributed by atoms with Crippen LogP contribution in [0.5, 0.6) is 0 Å². The molecule has 0 aliphatic carbocycles. The van der Waals surface area contributed by atoms with Gasteiger partial charge in [0.15, 0.2) is 11.5 Å². The zero-order chi connectivity index (χ0) is 14.9. The first-order valence-electron chi connectivity index (χ1n) is 7.41. The summed E-state index contributed by atoms with van der Waals surface area (Å²) in [7, 11) is 0. The van der Waals surface area contributed by atoms with Crippen molar-refractivity contribution in [3.63, 3.8) is 0 Å². The van der Waals surface area contributed by atoms with Crippen molar-refractivity contribution >= 4 is 11.5 Å². The van der Waals surface area contributed by atoms with Crippen molar-refractivity contribution < 1.29 is 4.74 Å². The summed E-state index contributed by atoms with van der Waals surface area (Å²) in [5, 5.41) is 0. The van der Waals surface area contributed by atoms with E-state index in [0.29, 0.717) is 0 Å². The number of fused-ring (bicyclic) bond motifs is 1. The molecule has 4 heterocycles. The van der Waals surface area contributed by atoms with Gasteiger partial charge in [-0.25, -0.2) is 9.97 Å². The van der Waals surface area contributed by atoms with Crippen LogP contribution in [0.15, 0.2) is 36.9 Å². The third-order valence-corrected chi connectivity index (χ3v) is 3.81. The van der Waals surface area contributed by atoms with E-state index < -0.39 is 0 Å². The first-order valence-corrected chi connectivity index (χ1v) is 7.41. The smallest absolute Gasteiger partial charge is 0.180 e. The molecule has 0 radical (unpaired) electrons. The average molecular weight is 295 g/mol. The summed E-state index contributed by atoms with van der Waals surface area (Å²) >= 11 is 0. The fourth-order valence-electron chi connectivity index (χ4n) is 2.75. The van der Waals surface area contributed by atoms with Crippen molar-refractivity contribution in [2.45, 2.75) is 6.92 Å². The maximum Gasteiger partial charge on any atom is 0.180 e. The van der Waals surface area contributed by atoms with Gasteiger partial charge in [0.25, 0.3) is 0 Å². The van der Waals surface area contributed by atoms with E-state index in [9.17, 15) is 0 Å². The van der Waals surface area contributed by atoms with Gasteiger partial charge in [-0.2, -0.15) is 0 Å². The SMILES string of the molecule is Cc1cn2cc(-c3cccnc3)nc(N3CCOCC3)c2n1. The molecule has 1 saturated heterocycles. The van der Waals surface area contributed by atoms with Crippen LogP contribution in [0.4, 0.5) is 5.82 Å². The van der Waals surface area contributed by atoms with Gasteiger partial charge in [-0.05, 0) is 19.1 Å². The second kappa shape index (κ2) is 5.38. The minimum atomic E-state index is 0.727. The van der Waals surface area contributed by atoms with E-state index in [4.69, 9.17) is 9.72 Å². The number of pyridine rings is 1. The molecule has 6 heteroatoms. The molecule has 0 bridgehead atoms. The van der Waals surface area contributed by atoms with E-state index in [1.807, 2.05) is 37.6 Å². The molecule has 1 aliphatic heterocycles. The number of nitrogens with zero attached hydrogens (tertiary/aromatic N) is 5. The second-order valence-corrected chi connectivity index (χ2v) is 5.40. The molecule has 0 N–H and O–H groups in total. The number of aryl methyl sites for hydroxylation is 1. The fourth-order valence-corrected chi connectivity index (χ4v) is 2.75. The van der Waals surface area contributed by atoms with Crippen LogP contribution < -0.4 is 4.90 Å². The molecule has 6 nitrogen and oxygen atoms in total. The number of ether oxygens (including phenoxy) is 1. The third kappa shape index (κ3) is 2.31. The molecular formula is C16H17N5O. The number of morpholine rings is 1. The highest BCUT2D eigenvalue weighted by Gasteiger charge is 2.18. The minimum absolute atomic E-state index is 0.727. The largest absolute Gasteiger partial charge is 0.378 e. The van der Waals surface area contributed by atoms with Gasteiger partial charge in [-0.1, -0.05) is 0 Å². The highest BCUT2D eigenvalue weighted by atomic mass is 16.5. The highest BCUT2D eigenvalue weighted by Crippen LogP contribution is 2.25. The Morgan fingerprint density at radius 2 is 2.00 bits per heavy atom. The van der Waals surface area contributed by atoms with Crippen LogP contribution in [-0.2, 0) is 4.74 Å². The Balaban J connectivity index is 1.89. The molecule has 0 saturated carbocycles. The molecule has 0 aromatic carbocycles. The predicted octanol–water partition coefficient (Wildman–Crippen LogP) is 1.94. The number of aromatic nitrogens is 4. The van der Waals surface area contributed by atoms with E-state index in [-0.39, 0.29) is 0 Å². The lowest BCUT2D eigenvalue weighted by atomic mass is 10.2. The van der Waals surface area contributed by atoms with Crippen molar-refractivity contribution in [3.8, 4) is 11.3 Å². The van der Waals surface area contributed by atoms with Crippen LogP contribution in [-0.4, -0.2) is 45.7 Å². The number of hydrogen-bond donors (Lipinski definition) is 0. The Kier molecular flexibility index (Phi) is 3.23. The van der Waals surface area contributed by atoms with Gasteiger partial charge in [-0.15, -0.1) is 0 Å². The van der Waals surface area contributed by atoms with Gasteiger partial charge in [0.2, 0.25) is 0 Å². The van der Waals surface area contributed by atoms with Gasteiger partial charge in [0, 0.05) is 43.4 Å². The molecular weight excluding hydrogens is 278 g/mol. The molecule has 0 spiro atoms. The molecule has 0 unspecified atom stereocenters. The van der Waals surface area contributed by atoms with Crippen molar-refractivity contribution in [2.75, 3.05) is 31.2 Å². The van der Waals surface area contributed by atoms with Gasteiger partial charge in [0.05, 0.1) is 24.6 Å². The number of hydrogen-bond acceptors (Lipinski definition) is 5. The lowest BCUT2D eigenvalue weighted by molar-refractivity contribution is 0.122. The van der Waals surface area contributed by atoms with E-state index in [1.165, 1.54) is 0 Å². The number of imidazole rings is 1. The van der Waals surface area contributed by atoms with Crippen LogP contribution in [0.1, 0.15) is 5.69 Å². The van der Waals surface area contributed by atoms with Crippen molar-refractivity contribution in [3.05, 3.63) is 42.6 Å². The summed E-state index contributed by atoms with van der Waals surface area (Å²) < 4.78 is 7.50. The van der Waals surface area contributed by atoms with Crippen LogP contribution in [0.3, 0.4) is 0 Å². The van der Waals surface area contributed by atoms with Crippen LogP contribution in [0.2, 0.25) is 0 Å². The fraction of sp³-hybridized carbons (Fsp3) is 0.312. The molecule has 22 heavy (non-hydrogen) atoms. The lowest BCUT2D eigenvalue weighted by Crippen LogP contribution is -2.37. The van der Waals surface area contributed by atoms with Crippen LogP contribution in [0.25, 0.3) is 16.9 Å². The van der Waals surface area contributed by atoms with E-state index in [1.54, 1.807) is 6.20 Å². The Hall–Kier alpha value is -2.47. The lowest BCUT2D eigenvalue weighted by Gasteiger charge is -2.28. The molecule has 3 aromatic rings. The Labute approximate surface area is 128 Å². The summed E-state index contributed by atoms with van der Waals surface area (Å²) in [6, 6.07) is 3.95. The monoisotopic (exact) mass is 295 g/mol. The number of anilines is 1. The topological polar surface area (TPSA) is 55.5 Å². The predicted molar refractivity (Wildman–Crippen MR) is 84.0 cm³/mol. The van der Waals surface area contributed by atoms with Crippen molar-refractivity contribution in [1.82, 2.24) is 19.4 Å². The Morgan fingerprint density at radius 3 is 2.77 bits per heavy atom. The zero-order valence-corrected chi connectivity index (χ0v) is 12.4. The highest BCUT2D eigenvalue weighted by molar-refractivity contribution is 5.70. The molecule has 1 aliphatic rings. The summed E-state index contributed by atoms with van der Waals surface area (Å²) in [5.74, 6) is 0.915. The first-order chi connectivity index (χ1) is 10.8. The van der Waals surface area contributed by atoms with Crippen molar-refractivity contribution in [2.24, 2.45) is 0 Å². The summed E-state index contributed by atoms with van der Waals surface area (Å²) in [6.07, 6.45) is 7.64. The van der Waals surface area contributed by atoms with Gasteiger partial charge in [-0.3, -0.25) is 4.98 Å². The van der Waals surface area contributed by atoms with Gasteiger partial charge in [0.1, 0.15) is 0 Å². The maximum absolute atomic E-state index is 5.45. The van der Waals surface area contributed by atoms with E-state index in [0.717, 1.165) is 54.7 Å². The summed E-state index contributed by atoms with van der Waals surface area (Å²) in [5.41, 5.74) is 3.79. The number of rotatable bonds is 2. The zero-order valence-electron chi connectivity index (χ0n) is 12.4. The quantitative estimate of drug-likeness (QED) is 0.723. The minimum Gasteiger partial charge on any atom is -0.378 e. The van der Waals surface area contributed by atoms with Crippen LogP contribution in [0, 0.1) is 6.92 Å². The molecule has 1 fully saturated rings. The Bertz CT molecular complexity index is 793. The van der Waals surface area contributed by atoms with E-state index in [2.05, 4.69) is 19.3 Å². The third-order valence-electron chi connectivity index (χ3n) is 3.81. The Morgan fingerprint density at radius 1 is 1.14 bits per heavy atom. The summed E-state index contributed by atoms with van der Waals surface area (Å²) in [4.78, 5) is 15.9. The molecule has 4 rings (SSSR count). The van der Waals surface area contributed by atoms with E-state index >= 15 is 0 Å². The molecule has 112 valence electrons. The average Bonchev–Trinajstić information content (AvgIpc) is 2.95. The normalized spacial score (nSPS) is 15.4.